The van der Waals surface area contributed by atoms with Crippen LogP contribution in [0.15, 0.2) is 0 Å². The number of unbranched alkanes of at least 4 members (excludes halogenated alkanes) is 27. The number of carbonyl (C=O) groups is 1. The predicted molar refractivity (Wildman–Crippen MR) is 169 cm³/mol. The molecule has 0 bridgehead atoms. The molecule has 1 fully saturated rings. The molecule has 1 heterocycles. The first kappa shape index (κ1) is 36.4. The molecule has 0 saturated carbocycles. The molecule has 232 valence electrons. The van der Waals surface area contributed by atoms with Gasteiger partial charge in [0, 0.05) is 13.0 Å². The maximum Gasteiger partial charge on any atom is 0.321 e. The van der Waals surface area contributed by atoms with Gasteiger partial charge in [0.2, 0.25) is 0 Å². The lowest BCUT2D eigenvalue weighted by Gasteiger charge is -2.20. The smallest absolute Gasteiger partial charge is 0.321 e. The summed E-state index contributed by atoms with van der Waals surface area (Å²) in [5, 5.41) is 19.0. The van der Waals surface area contributed by atoms with Crippen LogP contribution in [-0.4, -0.2) is 46.3 Å². The fraction of sp³-hybridized carbons (Fsp3) is 0.971. The largest absolute Gasteiger partial charge is 0.480 e. The molecule has 0 aliphatic carbocycles. The van der Waals surface area contributed by atoms with Crippen LogP contribution in [0, 0.1) is 0 Å². The van der Waals surface area contributed by atoms with Gasteiger partial charge in [-0.15, -0.1) is 0 Å². The molecule has 1 saturated heterocycles. The van der Waals surface area contributed by atoms with E-state index in [-0.39, 0.29) is 0 Å². The number of β-amino-alcohol motifs (C(OH)–C–C–N with tert-alkyl or cyclic N) is 1. The van der Waals surface area contributed by atoms with Crippen molar-refractivity contribution in [2.75, 3.05) is 13.1 Å². The Hall–Kier alpha value is -0.610. The summed E-state index contributed by atoms with van der Waals surface area (Å²) in [7, 11) is 0. The molecule has 0 amide bonds. The van der Waals surface area contributed by atoms with Crippen LogP contribution in [0.5, 0.6) is 0 Å². The first-order chi connectivity index (χ1) is 19.1. The normalized spacial score (nSPS) is 17.8. The van der Waals surface area contributed by atoms with Gasteiger partial charge in [0.25, 0.3) is 0 Å². The molecule has 1 aliphatic heterocycles. The highest BCUT2D eigenvalue weighted by Crippen LogP contribution is 2.20. The Kier molecular flexibility index (Phi) is 25.7. The molecule has 39 heavy (non-hydrogen) atoms. The van der Waals surface area contributed by atoms with Crippen molar-refractivity contribution in [1.82, 2.24) is 4.90 Å². The number of carboxylic acid groups (broad SMARTS) is 1. The Balaban J connectivity index is 1.68. The Bertz CT molecular complexity index is 526. The summed E-state index contributed by atoms with van der Waals surface area (Å²) in [6, 6.07) is -0.478. The average Bonchev–Trinajstić information content (AvgIpc) is 3.30. The number of aliphatic hydroxyl groups is 1. The van der Waals surface area contributed by atoms with E-state index in [1.54, 1.807) is 0 Å². The van der Waals surface area contributed by atoms with Gasteiger partial charge < -0.3 is 10.2 Å². The van der Waals surface area contributed by atoms with Gasteiger partial charge in [-0.3, -0.25) is 9.69 Å². The van der Waals surface area contributed by atoms with Crippen LogP contribution in [0.1, 0.15) is 193 Å². The van der Waals surface area contributed by atoms with Crippen molar-refractivity contribution in [2.24, 2.45) is 0 Å². The van der Waals surface area contributed by atoms with Crippen molar-refractivity contribution in [3.63, 3.8) is 0 Å². The molecule has 1 rings (SSSR count). The molecule has 0 unspecified atom stereocenters. The average molecular weight is 552 g/mol. The number of nitrogens with zero attached hydrogens (tertiary/aromatic N) is 1. The van der Waals surface area contributed by atoms with E-state index in [1.165, 1.54) is 173 Å². The summed E-state index contributed by atoms with van der Waals surface area (Å²) in [4.78, 5) is 13.2. The molecule has 2 atom stereocenters. The summed E-state index contributed by atoms with van der Waals surface area (Å²) in [5.41, 5.74) is 0. The Morgan fingerprint density at radius 1 is 0.538 bits per heavy atom. The third-order valence-electron chi connectivity index (χ3n) is 8.97. The van der Waals surface area contributed by atoms with Crippen LogP contribution < -0.4 is 0 Å². The number of hydrogen-bond donors (Lipinski definition) is 2. The van der Waals surface area contributed by atoms with E-state index >= 15 is 0 Å². The number of likely N-dealkylation sites (tertiary alicyclic amines) is 1. The second-order valence-electron chi connectivity index (χ2n) is 12.8. The highest BCUT2D eigenvalue weighted by molar-refractivity contribution is 5.74. The summed E-state index contributed by atoms with van der Waals surface area (Å²) >= 11 is 0. The van der Waals surface area contributed by atoms with Crippen molar-refractivity contribution < 1.29 is 15.0 Å². The van der Waals surface area contributed by atoms with Gasteiger partial charge in [-0.2, -0.15) is 0 Å². The minimum Gasteiger partial charge on any atom is -0.480 e. The summed E-state index contributed by atoms with van der Waals surface area (Å²) in [6.45, 7) is 3.63. The molecule has 0 aromatic carbocycles. The van der Waals surface area contributed by atoms with Crippen LogP contribution >= 0.6 is 0 Å². The number of aliphatic hydroxyl groups excluding tert-OH is 1. The van der Waals surface area contributed by atoms with Crippen LogP contribution in [0.4, 0.5) is 0 Å². The van der Waals surface area contributed by atoms with E-state index in [2.05, 4.69) is 6.92 Å². The van der Waals surface area contributed by atoms with Crippen LogP contribution in [0.2, 0.25) is 0 Å². The second kappa shape index (κ2) is 27.6. The summed E-state index contributed by atoms with van der Waals surface area (Å²) < 4.78 is 0. The fourth-order valence-corrected chi connectivity index (χ4v) is 6.37. The first-order valence-corrected chi connectivity index (χ1v) is 17.8. The van der Waals surface area contributed by atoms with Crippen molar-refractivity contribution in [3.05, 3.63) is 0 Å². The molecular formula is C35H69NO3. The molecule has 4 heteroatoms. The summed E-state index contributed by atoms with van der Waals surface area (Å²) in [5.74, 6) is -0.785. The lowest BCUT2D eigenvalue weighted by molar-refractivity contribution is -0.142. The van der Waals surface area contributed by atoms with E-state index in [4.69, 9.17) is 0 Å². The van der Waals surface area contributed by atoms with Crippen LogP contribution in [-0.2, 0) is 4.79 Å². The second-order valence-corrected chi connectivity index (χ2v) is 12.8. The van der Waals surface area contributed by atoms with E-state index in [0.29, 0.717) is 13.0 Å². The molecular weight excluding hydrogens is 482 g/mol. The molecule has 0 aromatic heterocycles. The van der Waals surface area contributed by atoms with Crippen molar-refractivity contribution in [2.45, 2.75) is 205 Å². The molecule has 2 N–H and O–H groups in total. The maximum atomic E-state index is 11.3. The lowest BCUT2D eigenvalue weighted by atomic mass is 10.0. The third kappa shape index (κ3) is 22.7. The zero-order chi connectivity index (χ0) is 28.2. The third-order valence-corrected chi connectivity index (χ3v) is 8.97. The number of rotatable bonds is 30. The monoisotopic (exact) mass is 552 g/mol. The van der Waals surface area contributed by atoms with Gasteiger partial charge in [0.15, 0.2) is 0 Å². The minimum atomic E-state index is -0.785. The topological polar surface area (TPSA) is 60.8 Å². The maximum absolute atomic E-state index is 11.3. The zero-order valence-corrected chi connectivity index (χ0v) is 26.3. The standard InChI is InChI=1S/C35H69NO3/c1-2-3-4-5-6-7-8-9-10-11-12-13-14-15-16-17-18-19-20-21-22-23-24-25-26-27-28-29-30-36-32-33(37)31-34(36)35(38)39/h33-34,37H,2-32H2,1H3,(H,38,39)/t33-,34+/m1/s1. The van der Waals surface area contributed by atoms with Crippen molar-refractivity contribution in [3.8, 4) is 0 Å². The van der Waals surface area contributed by atoms with Gasteiger partial charge in [0.05, 0.1) is 6.10 Å². The first-order valence-electron chi connectivity index (χ1n) is 17.8. The zero-order valence-electron chi connectivity index (χ0n) is 26.3. The fourth-order valence-electron chi connectivity index (χ4n) is 6.37. The van der Waals surface area contributed by atoms with E-state index < -0.39 is 18.1 Å². The molecule has 4 nitrogen and oxygen atoms in total. The van der Waals surface area contributed by atoms with Gasteiger partial charge in [-0.05, 0) is 13.0 Å². The van der Waals surface area contributed by atoms with E-state index in [1.807, 2.05) is 4.90 Å². The highest BCUT2D eigenvalue weighted by Gasteiger charge is 2.35. The number of hydrogen-bond acceptors (Lipinski definition) is 3. The van der Waals surface area contributed by atoms with Crippen LogP contribution in [0.3, 0.4) is 0 Å². The molecule has 0 aromatic rings. The highest BCUT2D eigenvalue weighted by atomic mass is 16.4. The van der Waals surface area contributed by atoms with Gasteiger partial charge in [-0.25, -0.2) is 0 Å². The Labute approximate surface area is 244 Å². The van der Waals surface area contributed by atoms with Gasteiger partial charge in [0.1, 0.15) is 6.04 Å². The summed E-state index contributed by atoms with van der Waals surface area (Å²) in [6.07, 6.45) is 39.3. The number of aliphatic carboxylic acids is 1. The molecule has 0 radical (unpaired) electrons. The quantitative estimate of drug-likeness (QED) is 0.0872. The van der Waals surface area contributed by atoms with Crippen molar-refractivity contribution >= 4 is 5.97 Å². The lowest BCUT2D eigenvalue weighted by Crippen LogP contribution is -2.36. The minimum absolute atomic E-state index is 0.384. The van der Waals surface area contributed by atoms with Crippen LogP contribution in [0.25, 0.3) is 0 Å². The molecule has 0 spiro atoms. The van der Waals surface area contributed by atoms with Gasteiger partial charge >= 0.3 is 5.97 Å². The van der Waals surface area contributed by atoms with E-state index in [9.17, 15) is 15.0 Å². The van der Waals surface area contributed by atoms with Crippen molar-refractivity contribution in [1.29, 1.82) is 0 Å². The SMILES string of the molecule is CCCCCCCCCCCCCCCCCCCCCCCCCCCCCCN1C[C@H](O)C[C@H]1C(=O)O. The Morgan fingerprint density at radius 3 is 1.10 bits per heavy atom. The van der Waals surface area contributed by atoms with E-state index in [0.717, 1.165) is 13.0 Å². The molecule has 1 aliphatic rings. The number of carboxylic acids is 1. The van der Waals surface area contributed by atoms with Gasteiger partial charge in [-0.1, -0.05) is 180 Å². The Morgan fingerprint density at radius 2 is 0.821 bits per heavy atom. The predicted octanol–water partition coefficient (Wildman–Crippen LogP) is 10.4.